The summed E-state index contributed by atoms with van der Waals surface area (Å²) in [6, 6.07) is 3.87. The minimum atomic E-state index is -0.566. The van der Waals surface area contributed by atoms with Gasteiger partial charge in [-0.15, -0.1) is 0 Å². The van der Waals surface area contributed by atoms with E-state index < -0.39 is 11.4 Å². The van der Waals surface area contributed by atoms with Crippen molar-refractivity contribution >= 4 is 52.1 Å². The maximum Gasteiger partial charge on any atom is 0.278 e. The Kier molecular flexibility index (Phi) is 4.40. The number of nitrogens with one attached hydrogen (secondary N) is 3. The number of nitrogens with two attached hydrogens (primary N) is 1. The predicted octanol–water partition coefficient (Wildman–Crippen LogP) is 1.75. The second-order valence-corrected chi connectivity index (χ2v) is 6.03. The summed E-state index contributed by atoms with van der Waals surface area (Å²) in [5, 5.41) is 2.84. The van der Waals surface area contributed by atoms with E-state index >= 15 is 0 Å². The second-order valence-electron chi connectivity index (χ2n) is 4.66. The minimum Gasteiger partial charge on any atom is -0.369 e. The fourth-order valence-corrected chi connectivity index (χ4v) is 2.72. The first kappa shape index (κ1) is 16.3. The smallest absolute Gasteiger partial charge is 0.278 e. The van der Waals surface area contributed by atoms with Crippen LogP contribution in [0.5, 0.6) is 0 Å². The summed E-state index contributed by atoms with van der Waals surface area (Å²) in [7, 11) is 0. The molecule has 1 amide bonds. The van der Waals surface area contributed by atoms with Gasteiger partial charge in [-0.25, -0.2) is 9.37 Å². The number of aromatic nitrogens is 4. The molecule has 0 aliphatic rings. The molecular formula is C13H10ClFN6O2S. The van der Waals surface area contributed by atoms with Crippen molar-refractivity contribution in [2.45, 2.75) is 5.16 Å². The van der Waals surface area contributed by atoms with Gasteiger partial charge in [-0.05, 0) is 18.2 Å². The summed E-state index contributed by atoms with van der Waals surface area (Å²) in [6.07, 6.45) is 0. The Balaban J connectivity index is 1.67. The number of amides is 1. The lowest BCUT2D eigenvalue weighted by atomic mass is 10.3. The zero-order chi connectivity index (χ0) is 17.3. The number of H-pyrrole nitrogens is 2. The van der Waals surface area contributed by atoms with E-state index in [4.69, 9.17) is 17.3 Å². The molecule has 0 aliphatic carbocycles. The van der Waals surface area contributed by atoms with Crippen LogP contribution in [0.15, 0.2) is 28.2 Å². The fraction of sp³-hybridized carbons (Fsp3) is 0.0769. The SMILES string of the molecule is Nc1nc2nc(SCC(=O)Nc3ccc(F)c(Cl)c3)[nH]c2c(=O)[nH]1. The molecule has 8 nitrogen and oxygen atoms in total. The van der Waals surface area contributed by atoms with Gasteiger partial charge in [0.25, 0.3) is 5.56 Å². The Labute approximate surface area is 143 Å². The van der Waals surface area contributed by atoms with Gasteiger partial charge in [0.15, 0.2) is 16.3 Å². The number of fused-ring (bicyclic) bond motifs is 1. The first-order valence-electron chi connectivity index (χ1n) is 6.55. The monoisotopic (exact) mass is 368 g/mol. The minimum absolute atomic E-state index is 0.0161. The Bertz CT molecular complexity index is 988. The van der Waals surface area contributed by atoms with Crippen LogP contribution in [0.2, 0.25) is 5.02 Å². The molecule has 11 heteroatoms. The number of imidazole rings is 1. The van der Waals surface area contributed by atoms with E-state index in [-0.39, 0.29) is 33.8 Å². The number of aromatic amines is 2. The average Bonchev–Trinajstić information content (AvgIpc) is 2.92. The first-order valence-corrected chi connectivity index (χ1v) is 7.92. The maximum absolute atomic E-state index is 13.1. The van der Waals surface area contributed by atoms with Gasteiger partial charge in [0.2, 0.25) is 11.9 Å². The van der Waals surface area contributed by atoms with Gasteiger partial charge in [0, 0.05) is 5.69 Å². The van der Waals surface area contributed by atoms with E-state index in [2.05, 4.69) is 25.3 Å². The molecule has 3 aromatic rings. The van der Waals surface area contributed by atoms with Crippen molar-refractivity contribution in [3.63, 3.8) is 0 Å². The van der Waals surface area contributed by atoms with Crippen LogP contribution in [-0.4, -0.2) is 31.6 Å². The quantitative estimate of drug-likeness (QED) is 0.519. The van der Waals surface area contributed by atoms with Gasteiger partial charge < -0.3 is 16.0 Å². The van der Waals surface area contributed by atoms with Crippen molar-refractivity contribution in [3.8, 4) is 0 Å². The molecule has 5 N–H and O–H groups in total. The molecule has 0 fully saturated rings. The molecule has 0 unspecified atom stereocenters. The molecule has 0 atom stereocenters. The van der Waals surface area contributed by atoms with Crippen molar-refractivity contribution in [1.82, 2.24) is 19.9 Å². The van der Waals surface area contributed by atoms with Gasteiger partial charge in [0.05, 0.1) is 10.8 Å². The van der Waals surface area contributed by atoms with E-state index in [1.54, 1.807) is 0 Å². The molecular weight excluding hydrogens is 359 g/mol. The number of nitrogen functional groups attached to an aromatic ring is 1. The van der Waals surface area contributed by atoms with E-state index in [0.29, 0.717) is 10.8 Å². The van der Waals surface area contributed by atoms with E-state index in [9.17, 15) is 14.0 Å². The third-order valence-electron chi connectivity index (χ3n) is 2.90. The molecule has 0 radical (unpaired) electrons. The third kappa shape index (κ3) is 3.49. The molecule has 0 saturated heterocycles. The number of halogens is 2. The van der Waals surface area contributed by atoms with Crippen molar-refractivity contribution in [2.75, 3.05) is 16.8 Å². The van der Waals surface area contributed by atoms with E-state index in [1.807, 2.05) is 0 Å². The lowest BCUT2D eigenvalue weighted by Gasteiger charge is -2.05. The Morgan fingerprint density at radius 2 is 2.17 bits per heavy atom. The molecule has 3 rings (SSSR count). The third-order valence-corrected chi connectivity index (χ3v) is 4.06. The van der Waals surface area contributed by atoms with Crippen molar-refractivity contribution in [3.05, 3.63) is 39.4 Å². The van der Waals surface area contributed by atoms with E-state index in [0.717, 1.165) is 17.8 Å². The van der Waals surface area contributed by atoms with Crippen LogP contribution >= 0.6 is 23.4 Å². The predicted molar refractivity (Wildman–Crippen MR) is 89.7 cm³/mol. The first-order chi connectivity index (χ1) is 11.4. The van der Waals surface area contributed by atoms with Crippen molar-refractivity contribution < 1.29 is 9.18 Å². The van der Waals surface area contributed by atoms with Gasteiger partial charge >= 0.3 is 0 Å². The number of thioether (sulfide) groups is 1. The topological polar surface area (TPSA) is 130 Å². The molecule has 0 bridgehead atoms. The number of hydrogen-bond acceptors (Lipinski definition) is 6. The second kappa shape index (κ2) is 6.49. The molecule has 2 aromatic heterocycles. The molecule has 2 heterocycles. The number of carbonyl (C=O) groups excluding carboxylic acids is 1. The van der Waals surface area contributed by atoms with Crippen LogP contribution in [0.1, 0.15) is 0 Å². The Hall–Kier alpha value is -2.59. The normalized spacial score (nSPS) is 10.9. The van der Waals surface area contributed by atoms with Gasteiger partial charge in [-0.2, -0.15) is 4.98 Å². The van der Waals surface area contributed by atoms with Crippen molar-refractivity contribution in [1.29, 1.82) is 0 Å². The number of rotatable bonds is 4. The molecule has 0 aliphatic heterocycles. The zero-order valence-electron chi connectivity index (χ0n) is 11.9. The average molecular weight is 369 g/mol. The summed E-state index contributed by atoms with van der Waals surface area (Å²) >= 11 is 6.72. The van der Waals surface area contributed by atoms with Crippen LogP contribution in [0.4, 0.5) is 16.0 Å². The largest absolute Gasteiger partial charge is 0.369 e. The summed E-state index contributed by atoms with van der Waals surface area (Å²) in [4.78, 5) is 36.7. The fourth-order valence-electron chi connectivity index (χ4n) is 1.88. The van der Waals surface area contributed by atoms with Gasteiger partial charge in [0.1, 0.15) is 5.82 Å². The lowest BCUT2D eigenvalue weighted by Crippen LogP contribution is -2.14. The zero-order valence-corrected chi connectivity index (χ0v) is 13.5. The standard InChI is InChI=1S/C13H10ClFN6O2S/c14-6-3-5(1-2-7(6)15)17-8(22)4-24-13-18-9-10(20-13)19-12(16)21-11(9)23/h1-3H,4H2,(H,17,22)(H4,16,18,19,20,21,23). The summed E-state index contributed by atoms with van der Waals surface area (Å²) in [6.45, 7) is 0. The van der Waals surface area contributed by atoms with E-state index in [1.165, 1.54) is 12.1 Å². The molecule has 0 spiro atoms. The molecule has 124 valence electrons. The Morgan fingerprint density at radius 3 is 2.92 bits per heavy atom. The van der Waals surface area contributed by atoms with Gasteiger partial charge in [-0.1, -0.05) is 23.4 Å². The number of carbonyl (C=O) groups is 1. The number of nitrogens with zero attached hydrogens (tertiary/aromatic N) is 2. The molecule has 0 saturated carbocycles. The summed E-state index contributed by atoms with van der Waals surface area (Å²) < 4.78 is 13.1. The number of benzene rings is 1. The van der Waals surface area contributed by atoms with Crippen LogP contribution in [0.3, 0.4) is 0 Å². The Morgan fingerprint density at radius 1 is 1.38 bits per heavy atom. The van der Waals surface area contributed by atoms with Crippen LogP contribution in [-0.2, 0) is 4.79 Å². The summed E-state index contributed by atoms with van der Waals surface area (Å²) in [5.41, 5.74) is 5.72. The highest BCUT2D eigenvalue weighted by Gasteiger charge is 2.11. The summed E-state index contributed by atoms with van der Waals surface area (Å²) in [5.74, 6) is -0.934. The van der Waals surface area contributed by atoms with Crippen molar-refractivity contribution in [2.24, 2.45) is 0 Å². The lowest BCUT2D eigenvalue weighted by molar-refractivity contribution is -0.113. The van der Waals surface area contributed by atoms with Gasteiger partial charge in [-0.3, -0.25) is 14.6 Å². The highest BCUT2D eigenvalue weighted by molar-refractivity contribution is 7.99. The number of hydrogen-bond donors (Lipinski definition) is 4. The number of anilines is 2. The van der Waals surface area contributed by atoms with Crippen LogP contribution in [0, 0.1) is 5.82 Å². The highest BCUT2D eigenvalue weighted by Crippen LogP contribution is 2.20. The molecule has 24 heavy (non-hydrogen) atoms. The van der Waals surface area contributed by atoms with Crippen LogP contribution < -0.4 is 16.6 Å². The highest BCUT2D eigenvalue weighted by atomic mass is 35.5. The molecule has 1 aromatic carbocycles. The van der Waals surface area contributed by atoms with Crippen LogP contribution in [0.25, 0.3) is 11.2 Å². The maximum atomic E-state index is 13.1.